The molecule has 14 nitrogen and oxygen atoms in total. The van der Waals surface area contributed by atoms with Gasteiger partial charge in [-0.15, -0.1) is 11.8 Å². The van der Waals surface area contributed by atoms with Gasteiger partial charge in [-0.05, 0) is 20.8 Å². The minimum absolute atomic E-state index is 0.0727. The van der Waals surface area contributed by atoms with Crippen LogP contribution in [0.4, 0.5) is 5.13 Å². The zero-order chi connectivity index (χ0) is 28.3. The highest BCUT2D eigenvalue weighted by molar-refractivity contribution is 8.00. The largest absolute Gasteiger partial charge is 0.545 e. The van der Waals surface area contributed by atoms with E-state index in [9.17, 15) is 24.3 Å². The van der Waals surface area contributed by atoms with E-state index in [0.29, 0.717) is 12.3 Å². The molecule has 0 aromatic carbocycles. The van der Waals surface area contributed by atoms with Gasteiger partial charge in [0.2, 0.25) is 18.1 Å². The highest BCUT2D eigenvalue weighted by atomic mass is 32.2. The summed E-state index contributed by atoms with van der Waals surface area (Å²) in [6, 6.07) is 2.05. The molecule has 2 aromatic rings. The number of β-lactam (4-membered cyclic amide) rings is 1. The molecule has 3 N–H and O–H groups in total. The molecule has 4 rings (SSSR count). The Kier molecular flexibility index (Phi) is 8.15. The Labute approximate surface area is 231 Å². The van der Waals surface area contributed by atoms with Crippen LogP contribution in [-0.4, -0.2) is 73.1 Å². The van der Waals surface area contributed by atoms with E-state index in [0.717, 1.165) is 17.1 Å². The summed E-state index contributed by atoms with van der Waals surface area (Å²) in [5.41, 5.74) is 5.58. The van der Waals surface area contributed by atoms with E-state index in [2.05, 4.69) is 19.8 Å². The third-order valence-corrected chi connectivity index (χ3v) is 7.19. The first kappa shape index (κ1) is 28.0. The van der Waals surface area contributed by atoms with E-state index in [1.165, 1.54) is 28.8 Å². The highest BCUT2D eigenvalue weighted by Crippen LogP contribution is 2.36. The number of carboxylic acids is 1. The maximum Gasteiger partial charge on any atom is 0.347 e. The number of oxime groups is 1. The van der Waals surface area contributed by atoms with Crippen LogP contribution in [0.25, 0.3) is 0 Å². The number of rotatable bonds is 9. The first-order valence-electron chi connectivity index (χ1n) is 11.6. The van der Waals surface area contributed by atoms with Crippen LogP contribution in [0.15, 0.2) is 41.5 Å². The molecule has 0 bridgehead atoms. The summed E-state index contributed by atoms with van der Waals surface area (Å²) in [7, 11) is 0. The van der Waals surface area contributed by atoms with Crippen molar-refractivity contribution in [1.82, 2.24) is 19.6 Å². The number of nitrogen functional groups attached to an aromatic ring is 1. The smallest absolute Gasteiger partial charge is 0.347 e. The summed E-state index contributed by atoms with van der Waals surface area (Å²) in [6.45, 7) is 5.00. The van der Waals surface area contributed by atoms with Gasteiger partial charge in [-0.3, -0.25) is 9.59 Å². The lowest BCUT2D eigenvalue weighted by Gasteiger charge is -2.47. The standard InChI is InChI=1S/C23H25N7O7S2/c1-23(2,3)37-14(31)10-36-27-15(17-26-22(24)39-28-17)18(32)25-16-19(33)30-9-12(11-38-20(16)30)8-29-6-4-13(5-7-29)21(34)35/h4-7,9,16,20H,8,10-11H2,1-3H3,(H3-,24,25,26,28,32,34,35)/b27-15-/t16?,20-/m1/s1. The molecule has 0 spiro atoms. The molecule has 16 heteroatoms. The number of esters is 1. The van der Waals surface area contributed by atoms with Gasteiger partial charge in [-0.1, -0.05) is 5.16 Å². The van der Waals surface area contributed by atoms with Gasteiger partial charge in [0.05, 0.1) is 5.97 Å². The fourth-order valence-electron chi connectivity index (χ4n) is 3.62. The van der Waals surface area contributed by atoms with Gasteiger partial charge in [-0.25, -0.2) is 9.36 Å². The van der Waals surface area contributed by atoms with Gasteiger partial charge in [0.25, 0.3) is 11.8 Å². The number of aromatic nitrogens is 3. The predicted molar refractivity (Wildman–Crippen MR) is 137 cm³/mol. The predicted octanol–water partition coefficient (Wildman–Crippen LogP) is -1.18. The second kappa shape index (κ2) is 11.4. The number of fused-ring (bicyclic) bond motifs is 1. The molecular weight excluding hydrogens is 550 g/mol. The summed E-state index contributed by atoms with van der Waals surface area (Å²) in [5, 5.41) is 17.1. The first-order valence-corrected chi connectivity index (χ1v) is 13.4. The van der Waals surface area contributed by atoms with Crippen molar-refractivity contribution in [3.8, 4) is 0 Å². The molecule has 2 atom stereocenters. The van der Waals surface area contributed by atoms with Crippen molar-refractivity contribution in [2.45, 2.75) is 44.3 Å². The number of aromatic carboxylic acids is 1. The molecule has 1 fully saturated rings. The Bertz CT molecular complexity index is 1350. The molecule has 0 radical (unpaired) electrons. The average molecular weight is 576 g/mol. The molecule has 1 unspecified atom stereocenters. The van der Waals surface area contributed by atoms with Gasteiger partial charge in [0.1, 0.15) is 17.0 Å². The van der Waals surface area contributed by atoms with Crippen LogP contribution in [0, 0.1) is 0 Å². The van der Waals surface area contributed by atoms with Crippen molar-refractivity contribution in [1.29, 1.82) is 0 Å². The molecular formula is C23H25N7O7S2. The lowest BCUT2D eigenvalue weighted by atomic mass is 10.1. The van der Waals surface area contributed by atoms with Crippen molar-refractivity contribution in [2.75, 3.05) is 18.1 Å². The maximum absolute atomic E-state index is 13.1. The zero-order valence-electron chi connectivity index (χ0n) is 21.2. The number of carbonyl (C=O) groups excluding carboxylic acids is 4. The summed E-state index contributed by atoms with van der Waals surface area (Å²) in [4.78, 5) is 59.3. The zero-order valence-corrected chi connectivity index (χ0v) is 22.8. The molecule has 0 saturated carbocycles. The second-order valence-corrected chi connectivity index (χ2v) is 11.4. The summed E-state index contributed by atoms with van der Waals surface area (Å²) < 4.78 is 10.9. The van der Waals surface area contributed by atoms with Gasteiger partial charge < -0.3 is 35.4 Å². The lowest BCUT2D eigenvalue weighted by Crippen LogP contribution is -2.69. The van der Waals surface area contributed by atoms with E-state index in [4.69, 9.17) is 15.3 Å². The summed E-state index contributed by atoms with van der Waals surface area (Å²) in [6.07, 6.45) is 4.97. The van der Waals surface area contributed by atoms with Crippen molar-refractivity contribution in [2.24, 2.45) is 5.16 Å². The fourth-order valence-corrected chi connectivity index (χ4v) is 5.31. The van der Waals surface area contributed by atoms with E-state index < -0.39 is 36.1 Å². The number of carboxylic acid groups (broad SMARTS) is 1. The number of nitrogens with one attached hydrogen (secondary N) is 1. The fraction of sp³-hybridized carbons (Fsp3) is 0.391. The second-order valence-electron chi connectivity index (χ2n) is 9.49. The number of hydrogen-bond donors (Lipinski definition) is 2. The summed E-state index contributed by atoms with van der Waals surface area (Å²) in [5.74, 6) is -2.56. The minimum atomic E-state index is -1.26. The van der Waals surface area contributed by atoms with Gasteiger partial charge >= 0.3 is 5.97 Å². The Morgan fingerprint density at radius 3 is 2.64 bits per heavy atom. The lowest BCUT2D eigenvalue weighted by molar-refractivity contribution is -0.689. The number of thioether (sulfide) groups is 1. The van der Waals surface area contributed by atoms with Crippen LogP contribution in [0.1, 0.15) is 37.0 Å². The number of amides is 2. The molecule has 2 amide bonds. The molecule has 4 heterocycles. The Balaban J connectivity index is 1.39. The van der Waals surface area contributed by atoms with Crippen LogP contribution in [0.2, 0.25) is 0 Å². The highest BCUT2D eigenvalue weighted by Gasteiger charge is 2.50. The Morgan fingerprint density at radius 1 is 1.31 bits per heavy atom. The van der Waals surface area contributed by atoms with Crippen molar-refractivity contribution in [3.63, 3.8) is 0 Å². The van der Waals surface area contributed by atoms with Crippen LogP contribution in [-0.2, 0) is 30.5 Å². The quantitative estimate of drug-likeness (QED) is 0.120. The molecule has 1 saturated heterocycles. The van der Waals surface area contributed by atoms with Crippen LogP contribution < -0.4 is 20.7 Å². The number of pyridine rings is 1. The average Bonchev–Trinajstić information content (AvgIpc) is 3.30. The number of ether oxygens (including phenoxy) is 1. The van der Waals surface area contributed by atoms with Crippen LogP contribution in [0.3, 0.4) is 0 Å². The van der Waals surface area contributed by atoms with E-state index in [1.807, 2.05) is 0 Å². The Morgan fingerprint density at radius 2 is 2.03 bits per heavy atom. The Hall–Kier alpha value is -4.05. The number of nitrogens with zero attached hydrogens (tertiary/aromatic N) is 5. The monoisotopic (exact) mass is 575 g/mol. The molecule has 206 valence electrons. The third kappa shape index (κ3) is 6.88. The van der Waals surface area contributed by atoms with E-state index in [1.54, 1.807) is 43.9 Å². The number of nitrogens with two attached hydrogens (primary N) is 1. The SMILES string of the molecule is CC(C)(C)OC(=O)CO/N=C(\C(=O)NC1C(=O)N2C=C(C[n+]3ccc(C(=O)[O-])cc3)CS[C@H]12)c1nsc(N)n1. The summed E-state index contributed by atoms with van der Waals surface area (Å²) >= 11 is 2.31. The normalized spacial score (nSPS) is 18.9. The topological polar surface area (TPSA) is 193 Å². The van der Waals surface area contributed by atoms with Crippen molar-refractivity contribution in [3.05, 3.63) is 47.7 Å². The molecule has 2 aliphatic heterocycles. The third-order valence-electron chi connectivity index (χ3n) is 5.27. The van der Waals surface area contributed by atoms with Crippen molar-refractivity contribution < 1.29 is 38.4 Å². The van der Waals surface area contributed by atoms with Gasteiger partial charge in [-0.2, -0.15) is 9.36 Å². The van der Waals surface area contributed by atoms with Crippen LogP contribution in [0.5, 0.6) is 0 Å². The molecule has 2 aromatic heterocycles. The van der Waals surface area contributed by atoms with Gasteiger partial charge in [0.15, 0.2) is 24.1 Å². The minimum Gasteiger partial charge on any atom is -0.545 e. The van der Waals surface area contributed by atoms with Crippen molar-refractivity contribution >= 4 is 57.9 Å². The first-order chi connectivity index (χ1) is 18.4. The maximum atomic E-state index is 13.1. The van der Waals surface area contributed by atoms with E-state index >= 15 is 0 Å². The van der Waals surface area contributed by atoms with Crippen LogP contribution >= 0.6 is 23.3 Å². The molecule has 39 heavy (non-hydrogen) atoms. The molecule has 2 aliphatic rings. The molecule has 0 aliphatic carbocycles. The van der Waals surface area contributed by atoms with E-state index in [-0.39, 0.29) is 33.5 Å². The number of anilines is 1. The number of hydrogen-bond acceptors (Lipinski definition) is 13. The number of carbonyl (C=O) groups is 4. The van der Waals surface area contributed by atoms with Gasteiger partial charge in [0, 0.05) is 46.8 Å².